The molecule has 1 aliphatic heterocycles. The molecule has 1 amide bonds. The number of aryl methyl sites for hydroxylation is 2. The number of halogens is 1. The van der Waals surface area contributed by atoms with Crippen molar-refractivity contribution in [3.05, 3.63) is 82.1 Å². The van der Waals surface area contributed by atoms with Gasteiger partial charge >= 0.3 is 0 Å². The number of rotatable bonds is 7. The molecule has 32 heavy (non-hydrogen) atoms. The fourth-order valence-corrected chi connectivity index (χ4v) is 4.11. The maximum absolute atomic E-state index is 13.1. The standard InChI is InChI=1S/C25H29ClN4O2/c1-3-30-17-22(19(2)27-30)16-28-10-12-29(13-11-28)25(31)21-7-4-6-20(14-21)18-32-24-9-5-8-23(26)15-24/h4-9,14-15,17H,3,10-13,16,18H2,1-2H3. The molecule has 0 spiro atoms. The van der Waals surface area contributed by atoms with Crippen LogP contribution >= 0.6 is 11.6 Å². The normalized spacial score (nSPS) is 14.5. The number of benzene rings is 2. The summed E-state index contributed by atoms with van der Waals surface area (Å²) in [6, 6.07) is 15.0. The lowest BCUT2D eigenvalue weighted by atomic mass is 10.1. The summed E-state index contributed by atoms with van der Waals surface area (Å²) in [5.41, 5.74) is 4.00. The lowest BCUT2D eigenvalue weighted by Gasteiger charge is -2.34. The third-order valence-corrected chi connectivity index (χ3v) is 6.04. The van der Waals surface area contributed by atoms with Gasteiger partial charge in [-0.25, -0.2) is 0 Å². The van der Waals surface area contributed by atoms with Crippen molar-refractivity contribution in [2.24, 2.45) is 0 Å². The molecule has 168 valence electrons. The first-order chi connectivity index (χ1) is 15.5. The van der Waals surface area contributed by atoms with Gasteiger partial charge in [-0.3, -0.25) is 14.4 Å². The van der Waals surface area contributed by atoms with Gasteiger partial charge in [-0.1, -0.05) is 29.8 Å². The molecule has 1 aromatic heterocycles. The maximum atomic E-state index is 13.1. The second-order valence-electron chi connectivity index (χ2n) is 8.11. The molecule has 3 aromatic rings. The largest absolute Gasteiger partial charge is 0.489 e. The minimum Gasteiger partial charge on any atom is -0.489 e. The predicted octanol–water partition coefficient (Wildman–Crippen LogP) is 4.40. The van der Waals surface area contributed by atoms with E-state index in [0.717, 1.165) is 50.5 Å². The zero-order valence-electron chi connectivity index (χ0n) is 18.6. The zero-order valence-corrected chi connectivity index (χ0v) is 19.4. The first-order valence-corrected chi connectivity index (χ1v) is 11.4. The van der Waals surface area contributed by atoms with E-state index >= 15 is 0 Å². The summed E-state index contributed by atoms with van der Waals surface area (Å²) < 4.78 is 7.80. The van der Waals surface area contributed by atoms with Gasteiger partial charge in [0.15, 0.2) is 0 Å². The van der Waals surface area contributed by atoms with Gasteiger partial charge in [0.2, 0.25) is 0 Å². The summed E-state index contributed by atoms with van der Waals surface area (Å²) in [5.74, 6) is 0.786. The summed E-state index contributed by atoms with van der Waals surface area (Å²) in [6.07, 6.45) is 2.13. The van der Waals surface area contributed by atoms with Crippen molar-refractivity contribution in [3.63, 3.8) is 0 Å². The number of nitrogens with zero attached hydrogens (tertiary/aromatic N) is 4. The zero-order chi connectivity index (χ0) is 22.5. The molecule has 0 bridgehead atoms. The fourth-order valence-electron chi connectivity index (χ4n) is 3.93. The van der Waals surface area contributed by atoms with Gasteiger partial charge in [0.25, 0.3) is 5.91 Å². The highest BCUT2D eigenvalue weighted by Gasteiger charge is 2.23. The van der Waals surface area contributed by atoms with Gasteiger partial charge in [-0.05, 0) is 49.7 Å². The van der Waals surface area contributed by atoms with Crippen LogP contribution in [0.15, 0.2) is 54.7 Å². The third-order valence-electron chi connectivity index (χ3n) is 5.80. The van der Waals surface area contributed by atoms with Gasteiger partial charge < -0.3 is 9.64 Å². The number of hydrogen-bond donors (Lipinski definition) is 0. The van der Waals surface area contributed by atoms with Crippen molar-refractivity contribution in [2.75, 3.05) is 26.2 Å². The van der Waals surface area contributed by atoms with Crippen LogP contribution in [0.4, 0.5) is 0 Å². The van der Waals surface area contributed by atoms with Crippen LogP contribution in [0.25, 0.3) is 0 Å². The highest BCUT2D eigenvalue weighted by Crippen LogP contribution is 2.19. The smallest absolute Gasteiger partial charge is 0.253 e. The van der Waals surface area contributed by atoms with Crippen LogP contribution in [-0.2, 0) is 19.7 Å². The Hall–Kier alpha value is -2.83. The van der Waals surface area contributed by atoms with Crippen molar-refractivity contribution >= 4 is 17.5 Å². The van der Waals surface area contributed by atoms with E-state index < -0.39 is 0 Å². The Morgan fingerprint density at radius 2 is 1.88 bits per heavy atom. The Morgan fingerprint density at radius 3 is 2.59 bits per heavy atom. The molecule has 1 aliphatic rings. The Kier molecular flexibility index (Phi) is 7.12. The van der Waals surface area contributed by atoms with E-state index in [-0.39, 0.29) is 5.91 Å². The Labute approximate surface area is 194 Å². The molecule has 4 rings (SSSR count). The fraction of sp³-hybridized carbons (Fsp3) is 0.360. The molecule has 2 aromatic carbocycles. The Morgan fingerprint density at radius 1 is 1.09 bits per heavy atom. The van der Waals surface area contributed by atoms with Gasteiger partial charge in [0.1, 0.15) is 12.4 Å². The molecule has 2 heterocycles. The maximum Gasteiger partial charge on any atom is 0.253 e. The number of hydrogen-bond acceptors (Lipinski definition) is 4. The number of amides is 1. The van der Waals surface area contributed by atoms with Crippen molar-refractivity contribution in [2.45, 2.75) is 33.5 Å². The van der Waals surface area contributed by atoms with E-state index in [0.29, 0.717) is 22.9 Å². The van der Waals surface area contributed by atoms with Crippen LogP contribution in [0.2, 0.25) is 5.02 Å². The lowest BCUT2D eigenvalue weighted by molar-refractivity contribution is 0.0628. The van der Waals surface area contributed by atoms with Gasteiger partial charge in [-0.15, -0.1) is 0 Å². The van der Waals surface area contributed by atoms with E-state index in [1.165, 1.54) is 5.56 Å². The molecule has 1 saturated heterocycles. The monoisotopic (exact) mass is 452 g/mol. The summed E-state index contributed by atoms with van der Waals surface area (Å²) in [5, 5.41) is 5.17. The molecule has 0 saturated carbocycles. The molecule has 0 aliphatic carbocycles. The van der Waals surface area contributed by atoms with Gasteiger partial charge in [-0.2, -0.15) is 5.10 Å². The second-order valence-corrected chi connectivity index (χ2v) is 8.55. The summed E-state index contributed by atoms with van der Waals surface area (Å²) in [4.78, 5) is 17.4. The second kappa shape index (κ2) is 10.2. The van der Waals surface area contributed by atoms with E-state index in [9.17, 15) is 4.79 Å². The van der Waals surface area contributed by atoms with Crippen LogP contribution in [0, 0.1) is 6.92 Å². The molecule has 0 atom stereocenters. The van der Waals surface area contributed by atoms with Crippen LogP contribution in [-0.4, -0.2) is 51.7 Å². The Bertz CT molecular complexity index is 1070. The van der Waals surface area contributed by atoms with Crippen LogP contribution in [0.5, 0.6) is 5.75 Å². The first-order valence-electron chi connectivity index (χ1n) is 11.0. The van der Waals surface area contributed by atoms with Crippen molar-refractivity contribution in [1.29, 1.82) is 0 Å². The molecule has 0 radical (unpaired) electrons. The molecule has 6 nitrogen and oxygen atoms in total. The predicted molar refractivity (Wildman–Crippen MR) is 126 cm³/mol. The number of carbonyl (C=O) groups is 1. The van der Waals surface area contributed by atoms with E-state index in [1.807, 2.05) is 52.0 Å². The molecular formula is C25H29ClN4O2. The Balaban J connectivity index is 1.32. The minimum atomic E-state index is 0.0734. The minimum absolute atomic E-state index is 0.0734. The van der Waals surface area contributed by atoms with E-state index in [2.05, 4.69) is 30.0 Å². The molecule has 7 heteroatoms. The van der Waals surface area contributed by atoms with Crippen LogP contribution in [0.1, 0.15) is 34.1 Å². The van der Waals surface area contributed by atoms with Crippen molar-refractivity contribution in [3.8, 4) is 5.75 Å². The van der Waals surface area contributed by atoms with E-state index in [4.69, 9.17) is 16.3 Å². The molecular weight excluding hydrogens is 424 g/mol. The highest BCUT2D eigenvalue weighted by atomic mass is 35.5. The molecule has 0 N–H and O–H groups in total. The topological polar surface area (TPSA) is 50.6 Å². The summed E-state index contributed by atoms with van der Waals surface area (Å²) in [7, 11) is 0. The average molecular weight is 453 g/mol. The lowest BCUT2D eigenvalue weighted by Crippen LogP contribution is -2.48. The highest BCUT2D eigenvalue weighted by molar-refractivity contribution is 6.30. The van der Waals surface area contributed by atoms with Crippen LogP contribution in [0.3, 0.4) is 0 Å². The van der Waals surface area contributed by atoms with E-state index in [1.54, 1.807) is 6.07 Å². The summed E-state index contributed by atoms with van der Waals surface area (Å²) in [6.45, 7) is 9.48. The average Bonchev–Trinajstić information content (AvgIpc) is 3.17. The quantitative estimate of drug-likeness (QED) is 0.533. The number of ether oxygens (including phenoxy) is 1. The summed E-state index contributed by atoms with van der Waals surface area (Å²) >= 11 is 6.01. The van der Waals surface area contributed by atoms with Gasteiger partial charge in [0, 0.05) is 61.6 Å². The third kappa shape index (κ3) is 5.50. The molecule has 0 unspecified atom stereocenters. The first kappa shape index (κ1) is 22.4. The number of carbonyl (C=O) groups excluding carboxylic acids is 1. The molecule has 1 fully saturated rings. The van der Waals surface area contributed by atoms with Crippen molar-refractivity contribution in [1.82, 2.24) is 19.6 Å². The SMILES string of the molecule is CCn1cc(CN2CCN(C(=O)c3cccc(COc4cccc(Cl)c4)c3)CC2)c(C)n1. The van der Waals surface area contributed by atoms with Gasteiger partial charge in [0.05, 0.1) is 5.69 Å². The number of piperazine rings is 1. The number of aromatic nitrogens is 2. The van der Waals surface area contributed by atoms with Crippen LogP contribution < -0.4 is 4.74 Å². The van der Waals surface area contributed by atoms with Crippen molar-refractivity contribution < 1.29 is 9.53 Å².